The first-order valence-corrected chi connectivity index (χ1v) is 7.90. The number of nitrogens with zero attached hydrogens (tertiary/aromatic N) is 1. The molecular formula is C17H16BrN3O3. The average Bonchev–Trinajstić information content (AvgIpc) is 2.56. The van der Waals surface area contributed by atoms with Gasteiger partial charge in [-0.1, -0.05) is 33.6 Å². The Morgan fingerprint density at radius 2 is 2.04 bits per heavy atom. The highest BCUT2D eigenvalue weighted by Gasteiger charge is 2.07. The second-order valence-electron chi connectivity index (χ2n) is 5.05. The van der Waals surface area contributed by atoms with Gasteiger partial charge in [0.2, 0.25) is 0 Å². The quantitative estimate of drug-likeness (QED) is 0.541. The summed E-state index contributed by atoms with van der Waals surface area (Å²) >= 11 is 3.28. The van der Waals surface area contributed by atoms with Crippen LogP contribution in [0.5, 0.6) is 5.75 Å². The van der Waals surface area contributed by atoms with Crippen LogP contribution < -0.4 is 10.7 Å². The molecule has 0 heterocycles. The first kappa shape index (κ1) is 17.7. The van der Waals surface area contributed by atoms with Crippen molar-refractivity contribution in [3.05, 3.63) is 63.6 Å². The monoisotopic (exact) mass is 389 g/mol. The number of hydrogen-bond donors (Lipinski definition) is 3. The molecule has 0 atom stereocenters. The van der Waals surface area contributed by atoms with E-state index in [2.05, 4.69) is 31.8 Å². The molecule has 0 spiro atoms. The van der Waals surface area contributed by atoms with Gasteiger partial charge in [-0.25, -0.2) is 5.43 Å². The van der Waals surface area contributed by atoms with Crippen LogP contribution in [0.15, 0.2) is 52.0 Å². The Hall–Kier alpha value is -2.67. The van der Waals surface area contributed by atoms with Crippen molar-refractivity contribution < 1.29 is 14.7 Å². The van der Waals surface area contributed by atoms with Crippen LogP contribution in [0.3, 0.4) is 0 Å². The van der Waals surface area contributed by atoms with E-state index in [0.717, 1.165) is 10.0 Å². The fourth-order valence-electron chi connectivity index (χ4n) is 1.89. The number of aryl methyl sites for hydroxylation is 1. The zero-order chi connectivity index (χ0) is 17.5. The van der Waals surface area contributed by atoms with E-state index in [0.29, 0.717) is 11.1 Å². The molecule has 7 heteroatoms. The van der Waals surface area contributed by atoms with Crippen LogP contribution in [0.4, 0.5) is 0 Å². The van der Waals surface area contributed by atoms with Gasteiger partial charge in [-0.2, -0.15) is 5.10 Å². The number of carbonyl (C=O) groups excluding carboxylic acids is 2. The predicted molar refractivity (Wildman–Crippen MR) is 95.1 cm³/mol. The number of benzene rings is 2. The van der Waals surface area contributed by atoms with E-state index in [-0.39, 0.29) is 18.2 Å². The largest absolute Gasteiger partial charge is 0.507 e. The molecule has 0 fully saturated rings. The van der Waals surface area contributed by atoms with Crippen molar-refractivity contribution in [1.29, 1.82) is 0 Å². The van der Waals surface area contributed by atoms with E-state index >= 15 is 0 Å². The molecule has 6 nitrogen and oxygen atoms in total. The van der Waals surface area contributed by atoms with Gasteiger partial charge in [0.25, 0.3) is 11.8 Å². The molecule has 0 radical (unpaired) electrons. The van der Waals surface area contributed by atoms with Gasteiger partial charge in [0, 0.05) is 15.6 Å². The van der Waals surface area contributed by atoms with Crippen molar-refractivity contribution >= 4 is 34.0 Å². The molecular weight excluding hydrogens is 374 g/mol. The Balaban J connectivity index is 1.84. The van der Waals surface area contributed by atoms with Crippen LogP contribution in [-0.2, 0) is 4.79 Å². The molecule has 0 aromatic heterocycles. The average molecular weight is 390 g/mol. The summed E-state index contributed by atoms with van der Waals surface area (Å²) in [5, 5.41) is 15.9. The summed E-state index contributed by atoms with van der Waals surface area (Å²) in [4.78, 5) is 23.6. The smallest absolute Gasteiger partial charge is 0.259 e. The second kappa shape index (κ2) is 8.26. The van der Waals surface area contributed by atoms with Crippen LogP contribution in [0.25, 0.3) is 0 Å². The van der Waals surface area contributed by atoms with Crippen LogP contribution in [-0.4, -0.2) is 29.7 Å². The molecule has 0 unspecified atom stereocenters. The van der Waals surface area contributed by atoms with Gasteiger partial charge in [0.15, 0.2) is 0 Å². The number of aromatic hydroxyl groups is 1. The van der Waals surface area contributed by atoms with Gasteiger partial charge in [0.1, 0.15) is 5.75 Å². The maximum atomic E-state index is 11.9. The summed E-state index contributed by atoms with van der Waals surface area (Å²) in [6.07, 6.45) is 1.32. The molecule has 0 aliphatic rings. The number of hydrazone groups is 1. The minimum absolute atomic E-state index is 0.0453. The molecule has 0 aliphatic carbocycles. The van der Waals surface area contributed by atoms with E-state index in [4.69, 9.17) is 0 Å². The second-order valence-corrected chi connectivity index (χ2v) is 5.96. The summed E-state index contributed by atoms with van der Waals surface area (Å²) in [5.74, 6) is -0.756. The Morgan fingerprint density at radius 1 is 1.25 bits per heavy atom. The molecule has 2 amide bonds. The Bertz CT molecular complexity index is 790. The summed E-state index contributed by atoms with van der Waals surface area (Å²) < 4.78 is 0.776. The summed E-state index contributed by atoms with van der Waals surface area (Å²) in [7, 11) is 0. The Morgan fingerprint density at radius 3 is 2.79 bits per heavy atom. The molecule has 3 N–H and O–H groups in total. The minimum atomic E-state index is -0.471. The lowest BCUT2D eigenvalue weighted by Gasteiger charge is -2.05. The fourth-order valence-corrected chi connectivity index (χ4v) is 2.27. The maximum absolute atomic E-state index is 11.9. The third-order valence-electron chi connectivity index (χ3n) is 3.07. The van der Waals surface area contributed by atoms with Gasteiger partial charge in [-0.15, -0.1) is 0 Å². The minimum Gasteiger partial charge on any atom is -0.507 e. The maximum Gasteiger partial charge on any atom is 0.259 e. The van der Waals surface area contributed by atoms with E-state index in [1.165, 1.54) is 12.3 Å². The molecule has 124 valence electrons. The van der Waals surface area contributed by atoms with Gasteiger partial charge < -0.3 is 10.4 Å². The molecule has 0 bridgehead atoms. The summed E-state index contributed by atoms with van der Waals surface area (Å²) in [6.45, 7) is 1.68. The highest BCUT2D eigenvalue weighted by atomic mass is 79.9. The van der Waals surface area contributed by atoms with Crippen molar-refractivity contribution in [3.8, 4) is 5.75 Å². The van der Waals surface area contributed by atoms with Gasteiger partial charge in [-0.05, 0) is 37.3 Å². The van der Waals surface area contributed by atoms with E-state index in [1.807, 2.05) is 13.0 Å². The number of halogens is 1. The van der Waals surface area contributed by atoms with Gasteiger partial charge in [-0.3, -0.25) is 9.59 Å². The molecule has 0 saturated heterocycles. The highest BCUT2D eigenvalue weighted by Crippen LogP contribution is 2.19. The van der Waals surface area contributed by atoms with Gasteiger partial charge in [0.05, 0.1) is 12.8 Å². The molecule has 2 aromatic rings. The summed E-state index contributed by atoms with van der Waals surface area (Å²) in [6, 6.07) is 11.9. The number of carbonyl (C=O) groups is 2. The van der Waals surface area contributed by atoms with Crippen LogP contribution in [0.1, 0.15) is 21.5 Å². The predicted octanol–water partition coefficient (Wildman–Crippen LogP) is 2.34. The third-order valence-corrected chi connectivity index (χ3v) is 3.57. The van der Waals surface area contributed by atoms with Crippen molar-refractivity contribution in [2.75, 3.05) is 6.54 Å². The number of rotatable bonds is 5. The lowest BCUT2D eigenvalue weighted by Crippen LogP contribution is -2.34. The standard InChI is InChI=1S/C17H16BrN3O3/c1-11-3-2-4-12(7-11)17(24)19-10-16(23)21-20-9-13-8-14(18)5-6-15(13)22/h2-9,22H,10H2,1H3,(H,19,24)(H,21,23)/b20-9-. The topological polar surface area (TPSA) is 90.8 Å². The first-order chi connectivity index (χ1) is 11.5. The number of phenols is 1. The van der Waals surface area contributed by atoms with Crippen molar-refractivity contribution in [3.63, 3.8) is 0 Å². The lowest BCUT2D eigenvalue weighted by atomic mass is 10.1. The van der Waals surface area contributed by atoms with Crippen LogP contribution >= 0.6 is 15.9 Å². The van der Waals surface area contributed by atoms with E-state index in [1.54, 1.807) is 30.3 Å². The van der Waals surface area contributed by atoms with Crippen molar-refractivity contribution in [1.82, 2.24) is 10.7 Å². The molecule has 2 aromatic carbocycles. The van der Waals surface area contributed by atoms with E-state index in [9.17, 15) is 14.7 Å². The number of amides is 2. The molecule has 0 aliphatic heterocycles. The third kappa shape index (κ3) is 5.20. The Labute approximate surface area is 147 Å². The molecule has 24 heavy (non-hydrogen) atoms. The fraction of sp³-hybridized carbons (Fsp3) is 0.118. The molecule has 0 saturated carbocycles. The highest BCUT2D eigenvalue weighted by molar-refractivity contribution is 9.10. The normalized spacial score (nSPS) is 10.6. The number of hydrogen-bond acceptors (Lipinski definition) is 4. The number of phenolic OH excluding ortho intramolecular Hbond substituents is 1. The van der Waals surface area contributed by atoms with Crippen molar-refractivity contribution in [2.45, 2.75) is 6.92 Å². The molecule has 2 rings (SSSR count). The van der Waals surface area contributed by atoms with Crippen molar-refractivity contribution in [2.24, 2.45) is 5.10 Å². The zero-order valence-electron chi connectivity index (χ0n) is 12.9. The van der Waals surface area contributed by atoms with Crippen LogP contribution in [0.2, 0.25) is 0 Å². The number of nitrogens with one attached hydrogen (secondary N) is 2. The Kier molecular flexibility index (Phi) is 6.08. The van der Waals surface area contributed by atoms with Crippen LogP contribution in [0, 0.1) is 6.92 Å². The SMILES string of the molecule is Cc1cccc(C(=O)NCC(=O)N/N=C\c2cc(Br)ccc2O)c1. The van der Waals surface area contributed by atoms with E-state index < -0.39 is 5.91 Å². The lowest BCUT2D eigenvalue weighted by molar-refractivity contribution is -0.120. The van der Waals surface area contributed by atoms with Gasteiger partial charge >= 0.3 is 0 Å². The first-order valence-electron chi connectivity index (χ1n) is 7.11. The zero-order valence-corrected chi connectivity index (χ0v) is 14.5. The summed E-state index contributed by atoms with van der Waals surface area (Å²) in [5.41, 5.74) is 4.19.